The maximum absolute atomic E-state index is 4.29. The Morgan fingerprint density at radius 3 is 3.12 bits per heavy atom. The van der Waals surface area contributed by atoms with E-state index in [4.69, 9.17) is 0 Å². The summed E-state index contributed by atoms with van der Waals surface area (Å²) in [7, 11) is 2.24. The average molecular weight is 239 g/mol. The van der Waals surface area contributed by atoms with Crippen molar-refractivity contribution in [2.45, 2.75) is 32.2 Å². The fourth-order valence-corrected chi connectivity index (χ4v) is 3.01. The molecule has 90 valence electrons. The van der Waals surface area contributed by atoms with Gasteiger partial charge in [-0.25, -0.2) is 4.98 Å². The third-order valence-corrected chi connectivity index (χ3v) is 4.43. The minimum atomic E-state index is 0.724. The molecule has 1 aromatic rings. The molecule has 3 nitrogen and oxygen atoms in total. The zero-order valence-electron chi connectivity index (χ0n) is 10.2. The molecule has 1 aromatic heterocycles. The van der Waals surface area contributed by atoms with Gasteiger partial charge in [-0.2, -0.15) is 0 Å². The van der Waals surface area contributed by atoms with E-state index in [1.54, 1.807) is 11.3 Å². The molecule has 1 aliphatic rings. The maximum Gasteiger partial charge on any atom is 0.0797 e. The number of hydrogen-bond donors (Lipinski definition) is 1. The van der Waals surface area contributed by atoms with Gasteiger partial charge in [-0.3, -0.25) is 0 Å². The van der Waals surface area contributed by atoms with E-state index >= 15 is 0 Å². The first-order valence-corrected chi connectivity index (χ1v) is 6.95. The van der Waals surface area contributed by atoms with Crippen LogP contribution in [0.25, 0.3) is 0 Å². The summed E-state index contributed by atoms with van der Waals surface area (Å²) in [6, 6.07) is 0.724. The molecule has 16 heavy (non-hydrogen) atoms. The van der Waals surface area contributed by atoms with Crippen LogP contribution >= 0.6 is 11.3 Å². The van der Waals surface area contributed by atoms with Crippen LogP contribution in [0.1, 0.15) is 23.4 Å². The lowest BCUT2D eigenvalue weighted by molar-refractivity contribution is 0.205. The number of hydrogen-bond acceptors (Lipinski definition) is 4. The van der Waals surface area contributed by atoms with Crippen molar-refractivity contribution in [3.63, 3.8) is 0 Å². The van der Waals surface area contributed by atoms with Gasteiger partial charge in [-0.1, -0.05) is 0 Å². The van der Waals surface area contributed by atoms with Gasteiger partial charge in [-0.15, -0.1) is 11.3 Å². The molecule has 0 amide bonds. The first kappa shape index (κ1) is 12.0. The predicted molar refractivity (Wildman–Crippen MR) is 69.1 cm³/mol. The molecular formula is C12H21N3S. The summed E-state index contributed by atoms with van der Waals surface area (Å²) in [6.45, 7) is 5.60. The number of aryl methyl sites for hydroxylation is 1. The molecule has 0 unspecified atom stereocenters. The van der Waals surface area contributed by atoms with Gasteiger partial charge in [0.05, 0.1) is 11.2 Å². The van der Waals surface area contributed by atoms with E-state index in [1.165, 1.54) is 30.0 Å². The lowest BCUT2D eigenvalue weighted by Crippen LogP contribution is -2.44. The number of rotatable bonds is 4. The SMILES string of the molecule is Cc1ncsc1CCN(C)[C@@H]1CCCNC1. The van der Waals surface area contributed by atoms with E-state index in [9.17, 15) is 0 Å². The van der Waals surface area contributed by atoms with Crippen LogP contribution in [0.15, 0.2) is 5.51 Å². The smallest absolute Gasteiger partial charge is 0.0797 e. The Morgan fingerprint density at radius 2 is 2.50 bits per heavy atom. The fraction of sp³-hybridized carbons (Fsp3) is 0.750. The number of thiazole rings is 1. The highest BCUT2D eigenvalue weighted by atomic mass is 32.1. The predicted octanol–water partition coefficient (Wildman–Crippen LogP) is 1.68. The van der Waals surface area contributed by atoms with Crippen LogP contribution < -0.4 is 5.32 Å². The second kappa shape index (κ2) is 5.75. The highest BCUT2D eigenvalue weighted by Crippen LogP contribution is 2.15. The lowest BCUT2D eigenvalue weighted by Gasteiger charge is -2.31. The molecular weight excluding hydrogens is 218 g/mol. The highest BCUT2D eigenvalue weighted by Gasteiger charge is 2.17. The standard InChI is InChI=1S/C12H21N3S/c1-10-12(16-9-14-10)5-7-15(2)11-4-3-6-13-8-11/h9,11,13H,3-8H2,1-2H3/t11-/m1/s1. The molecule has 1 aliphatic heterocycles. The molecule has 2 heterocycles. The number of aromatic nitrogens is 1. The number of nitrogens with one attached hydrogen (secondary N) is 1. The molecule has 1 N–H and O–H groups in total. The second-order valence-electron chi connectivity index (χ2n) is 4.59. The van der Waals surface area contributed by atoms with E-state index < -0.39 is 0 Å². The van der Waals surface area contributed by atoms with E-state index in [-0.39, 0.29) is 0 Å². The quantitative estimate of drug-likeness (QED) is 0.866. The Bertz CT molecular complexity index is 318. The van der Waals surface area contributed by atoms with E-state index in [1.807, 2.05) is 5.51 Å². The fourth-order valence-electron chi connectivity index (χ4n) is 2.24. The zero-order chi connectivity index (χ0) is 11.4. The van der Waals surface area contributed by atoms with Gasteiger partial charge >= 0.3 is 0 Å². The summed E-state index contributed by atoms with van der Waals surface area (Å²) in [6.07, 6.45) is 3.79. The third kappa shape index (κ3) is 3.03. The monoisotopic (exact) mass is 239 g/mol. The number of piperidine rings is 1. The zero-order valence-corrected chi connectivity index (χ0v) is 11.0. The van der Waals surface area contributed by atoms with Crippen molar-refractivity contribution in [3.05, 3.63) is 16.1 Å². The molecule has 0 radical (unpaired) electrons. The van der Waals surface area contributed by atoms with Gasteiger partial charge in [0.1, 0.15) is 0 Å². The van der Waals surface area contributed by atoms with Crippen molar-refractivity contribution < 1.29 is 0 Å². The Balaban J connectivity index is 1.78. The topological polar surface area (TPSA) is 28.2 Å². The minimum Gasteiger partial charge on any atom is -0.315 e. The summed E-state index contributed by atoms with van der Waals surface area (Å²) in [5, 5.41) is 3.47. The van der Waals surface area contributed by atoms with Crippen molar-refractivity contribution in [3.8, 4) is 0 Å². The lowest BCUT2D eigenvalue weighted by atomic mass is 10.1. The van der Waals surface area contributed by atoms with Crippen LogP contribution in [0, 0.1) is 6.92 Å². The van der Waals surface area contributed by atoms with Gasteiger partial charge in [0.15, 0.2) is 0 Å². The van der Waals surface area contributed by atoms with Crippen molar-refractivity contribution in [2.24, 2.45) is 0 Å². The normalized spacial score (nSPS) is 21.6. The Morgan fingerprint density at radius 1 is 1.62 bits per heavy atom. The average Bonchev–Trinajstić information content (AvgIpc) is 2.73. The molecule has 0 aromatic carbocycles. The van der Waals surface area contributed by atoms with E-state index in [2.05, 4.69) is 29.2 Å². The molecule has 0 aliphatic carbocycles. The van der Waals surface area contributed by atoms with Crippen LogP contribution in [0.2, 0.25) is 0 Å². The minimum absolute atomic E-state index is 0.724. The van der Waals surface area contributed by atoms with Gasteiger partial charge in [0.2, 0.25) is 0 Å². The Labute approximate surface area is 102 Å². The summed E-state index contributed by atoms with van der Waals surface area (Å²) < 4.78 is 0. The van der Waals surface area contributed by atoms with Crippen LogP contribution in [0.3, 0.4) is 0 Å². The maximum atomic E-state index is 4.29. The molecule has 4 heteroatoms. The van der Waals surface area contributed by atoms with Crippen molar-refractivity contribution in [1.29, 1.82) is 0 Å². The van der Waals surface area contributed by atoms with Crippen molar-refractivity contribution in [1.82, 2.24) is 15.2 Å². The largest absolute Gasteiger partial charge is 0.315 e. The molecule has 0 bridgehead atoms. The number of likely N-dealkylation sites (N-methyl/N-ethyl adjacent to an activating group) is 1. The summed E-state index contributed by atoms with van der Waals surface area (Å²) in [5.74, 6) is 0. The summed E-state index contributed by atoms with van der Waals surface area (Å²) in [5.41, 5.74) is 3.16. The highest BCUT2D eigenvalue weighted by molar-refractivity contribution is 7.09. The van der Waals surface area contributed by atoms with Gasteiger partial charge in [-0.05, 0) is 39.8 Å². The van der Waals surface area contributed by atoms with E-state index in [0.717, 1.165) is 25.6 Å². The van der Waals surface area contributed by atoms with Gasteiger partial charge in [0.25, 0.3) is 0 Å². The third-order valence-electron chi connectivity index (χ3n) is 3.43. The second-order valence-corrected chi connectivity index (χ2v) is 5.53. The Hall–Kier alpha value is -0.450. The van der Waals surface area contributed by atoms with Crippen molar-refractivity contribution >= 4 is 11.3 Å². The van der Waals surface area contributed by atoms with Gasteiger partial charge < -0.3 is 10.2 Å². The summed E-state index contributed by atoms with van der Waals surface area (Å²) >= 11 is 1.78. The van der Waals surface area contributed by atoms with E-state index in [0.29, 0.717) is 0 Å². The molecule has 0 saturated carbocycles. The van der Waals surface area contributed by atoms with Crippen LogP contribution in [-0.4, -0.2) is 42.6 Å². The molecule has 1 saturated heterocycles. The molecule has 0 spiro atoms. The number of nitrogens with zero attached hydrogens (tertiary/aromatic N) is 2. The summed E-state index contributed by atoms with van der Waals surface area (Å²) in [4.78, 5) is 8.23. The molecule has 1 fully saturated rings. The Kier molecular flexibility index (Phi) is 4.32. The van der Waals surface area contributed by atoms with Crippen molar-refractivity contribution in [2.75, 3.05) is 26.7 Å². The van der Waals surface area contributed by atoms with Crippen LogP contribution in [0.5, 0.6) is 0 Å². The first-order chi connectivity index (χ1) is 7.77. The molecule has 1 atom stereocenters. The van der Waals surface area contributed by atoms with Crippen LogP contribution in [-0.2, 0) is 6.42 Å². The van der Waals surface area contributed by atoms with Gasteiger partial charge in [0, 0.05) is 24.0 Å². The van der Waals surface area contributed by atoms with Crippen LogP contribution in [0.4, 0.5) is 0 Å². The molecule has 2 rings (SSSR count). The first-order valence-electron chi connectivity index (χ1n) is 6.07.